The molecule has 1 aromatic rings. The third-order valence-electron chi connectivity index (χ3n) is 1.48. The van der Waals surface area contributed by atoms with Gasteiger partial charge in [-0.15, -0.1) is 0 Å². The Labute approximate surface area is 91.9 Å². The Hall–Kier alpha value is -0.840. The van der Waals surface area contributed by atoms with Crippen LogP contribution in [-0.4, -0.2) is 4.98 Å². The molecule has 0 saturated carbocycles. The molecule has 74 valence electrons. The van der Waals surface area contributed by atoms with Crippen LogP contribution < -0.4 is 0 Å². The average molecular weight is 312 g/mol. The van der Waals surface area contributed by atoms with Gasteiger partial charge >= 0.3 is 6.18 Å². The molecule has 0 aliphatic heterocycles. The summed E-state index contributed by atoms with van der Waals surface area (Å²) in [5.74, 6) is 0. The van der Waals surface area contributed by atoms with Crippen molar-refractivity contribution in [1.29, 1.82) is 5.26 Å². The fourth-order valence-electron chi connectivity index (χ4n) is 0.857. The molecule has 0 N–H and O–H groups in total. The van der Waals surface area contributed by atoms with Gasteiger partial charge in [-0.2, -0.15) is 18.4 Å². The molecule has 0 radical (unpaired) electrons. The summed E-state index contributed by atoms with van der Waals surface area (Å²) in [6, 6.07) is 3.09. The summed E-state index contributed by atoms with van der Waals surface area (Å²) >= 11 is 1.58. The molecule has 1 rings (SSSR count). The van der Waals surface area contributed by atoms with Crippen molar-refractivity contribution in [2.75, 3.05) is 0 Å². The van der Waals surface area contributed by atoms with E-state index in [0.29, 0.717) is 5.69 Å². The maximum atomic E-state index is 12.3. The average Bonchev–Trinajstić information content (AvgIpc) is 2.02. The summed E-state index contributed by atoms with van der Waals surface area (Å²) in [6.45, 7) is 0. The van der Waals surface area contributed by atoms with Crippen LogP contribution in [-0.2, 0) is 12.6 Å². The molecule has 0 aliphatic rings. The predicted octanol–water partition coefficient (Wildman–Crippen LogP) is 2.77. The molecule has 0 fully saturated rings. The summed E-state index contributed by atoms with van der Waals surface area (Å²) in [6.07, 6.45) is -3.60. The van der Waals surface area contributed by atoms with Crippen LogP contribution in [0.25, 0.3) is 0 Å². The molecule has 2 nitrogen and oxygen atoms in total. The number of nitriles is 1. The normalized spacial score (nSPS) is 11.1. The SMILES string of the molecule is N#CCc1cc(I)c(C(F)(F)F)cn1. The molecule has 0 bridgehead atoms. The van der Waals surface area contributed by atoms with Crippen molar-refractivity contribution < 1.29 is 13.2 Å². The number of pyridine rings is 1. The Kier molecular flexibility index (Phi) is 3.31. The molecule has 0 amide bonds. The van der Waals surface area contributed by atoms with Crippen LogP contribution in [0.5, 0.6) is 0 Å². The molecular weight excluding hydrogens is 308 g/mol. The van der Waals surface area contributed by atoms with Gasteiger partial charge in [0.1, 0.15) is 0 Å². The maximum absolute atomic E-state index is 12.3. The smallest absolute Gasteiger partial charge is 0.260 e. The number of aromatic nitrogens is 1. The van der Waals surface area contributed by atoms with E-state index in [-0.39, 0.29) is 9.99 Å². The molecule has 6 heteroatoms. The first-order valence-corrected chi connectivity index (χ1v) is 4.61. The first-order valence-electron chi connectivity index (χ1n) is 3.53. The molecule has 1 heterocycles. The Morgan fingerprint density at radius 2 is 2.14 bits per heavy atom. The van der Waals surface area contributed by atoms with Crippen molar-refractivity contribution >= 4 is 22.6 Å². The van der Waals surface area contributed by atoms with Crippen molar-refractivity contribution in [2.24, 2.45) is 0 Å². The quantitative estimate of drug-likeness (QED) is 0.748. The highest BCUT2D eigenvalue weighted by atomic mass is 127. The molecular formula is C8H4F3IN2. The van der Waals surface area contributed by atoms with Crippen LogP contribution in [0.4, 0.5) is 13.2 Å². The van der Waals surface area contributed by atoms with E-state index in [0.717, 1.165) is 6.20 Å². The van der Waals surface area contributed by atoms with Crippen molar-refractivity contribution in [3.8, 4) is 6.07 Å². The van der Waals surface area contributed by atoms with E-state index in [1.165, 1.54) is 6.07 Å². The topological polar surface area (TPSA) is 36.7 Å². The lowest BCUT2D eigenvalue weighted by Crippen LogP contribution is -2.09. The van der Waals surface area contributed by atoms with E-state index in [4.69, 9.17) is 5.26 Å². The van der Waals surface area contributed by atoms with Crippen molar-refractivity contribution in [3.05, 3.63) is 27.1 Å². The van der Waals surface area contributed by atoms with Crippen molar-refractivity contribution in [3.63, 3.8) is 0 Å². The number of rotatable bonds is 1. The van der Waals surface area contributed by atoms with Gasteiger partial charge in [-0.3, -0.25) is 4.98 Å². The van der Waals surface area contributed by atoms with E-state index in [1.807, 2.05) is 6.07 Å². The Bertz CT molecular complexity index is 381. The number of hydrogen-bond donors (Lipinski definition) is 0. The zero-order valence-corrected chi connectivity index (χ0v) is 8.93. The number of alkyl halides is 3. The highest BCUT2D eigenvalue weighted by Gasteiger charge is 2.33. The lowest BCUT2D eigenvalue weighted by Gasteiger charge is -2.08. The van der Waals surface area contributed by atoms with Gasteiger partial charge in [0.15, 0.2) is 0 Å². The zero-order chi connectivity index (χ0) is 10.8. The summed E-state index contributed by atoms with van der Waals surface area (Å²) in [4.78, 5) is 3.55. The van der Waals surface area contributed by atoms with E-state index in [2.05, 4.69) is 4.98 Å². The molecule has 14 heavy (non-hydrogen) atoms. The molecule has 0 aromatic carbocycles. The van der Waals surface area contributed by atoms with Crippen LogP contribution in [0.15, 0.2) is 12.3 Å². The van der Waals surface area contributed by atoms with Gasteiger partial charge in [0.25, 0.3) is 0 Å². The van der Waals surface area contributed by atoms with Crippen LogP contribution in [0.2, 0.25) is 0 Å². The van der Waals surface area contributed by atoms with Gasteiger partial charge in [0, 0.05) is 9.77 Å². The summed E-state index contributed by atoms with van der Waals surface area (Å²) in [5.41, 5.74) is -0.412. The second-order valence-electron chi connectivity index (χ2n) is 2.49. The summed E-state index contributed by atoms with van der Waals surface area (Å²) in [7, 11) is 0. The van der Waals surface area contributed by atoms with E-state index < -0.39 is 11.7 Å². The standard InChI is InChI=1S/C8H4F3IN2/c9-8(10,11)6-4-14-5(1-2-13)3-7(6)12/h3-4H,1H2. The number of halogens is 4. The van der Waals surface area contributed by atoms with Gasteiger partial charge in [-0.25, -0.2) is 0 Å². The van der Waals surface area contributed by atoms with Crippen molar-refractivity contribution in [1.82, 2.24) is 4.98 Å². The second kappa shape index (κ2) is 4.13. The third-order valence-corrected chi connectivity index (χ3v) is 2.37. The first-order chi connectivity index (χ1) is 6.45. The highest BCUT2D eigenvalue weighted by Crippen LogP contribution is 2.32. The van der Waals surface area contributed by atoms with Crippen LogP contribution in [0.1, 0.15) is 11.3 Å². The zero-order valence-electron chi connectivity index (χ0n) is 6.77. The van der Waals surface area contributed by atoms with Crippen LogP contribution >= 0.6 is 22.6 Å². The molecule has 0 saturated heterocycles. The fourth-order valence-corrected chi connectivity index (χ4v) is 1.66. The minimum Gasteiger partial charge on any atom is -0.260 e. The monoisotopic (exact) mass is 312 g/mol. The number of nitrogens with zero attached hydrogens (tertiary/aromatic N) is 2. The fraction of sp³-hybridized carbons (Fsp3) is 0.250. The number of hydrogen-bond acceptors (Lipinski definition) is 2. The van der Waals surface area contributed by atoms with E-state index in [9.17, 15) is 13.2 Å². The van der Waals surface area contributed by atoms with E-state index in [1.54, 1.807) is 22.6 Å². The summed E-state index contributed by atoms with van der Waals surface area (Å²) in [5, 5.41) is 8.33. The molecule has 0 atom stereocenters. The first kappa shape index (κ1) is 11.2. The van der Waals surface area contributed by atoms with Gasteiger partial charge in [0.2, 0.25) is 0 Å². The molecule has 0 unspecified atom stereocenters. The largest absolute Gasteiger partial charge is 0.418 e. The predicted molar refractivity (Wildman–Crippen MR) is 51.3 cm³/mol. The minimum atomic E-state index is -4.38. The lowest BCUT2D eigenvalue weighted by molar-refractivity contribution is -0.138. The Morgan fingerprint density at radius 1 is 1.50 bits per heavy atom. The maximum Gasteiger partial charge on any atom is 0.418 e. The Balaban J connectivity index is 3.09. The highest BCUT2D eigenvalue weighted by molar-refractivity contribution is 14.1. The van der Waals surface area contributed by atoms with Gasteiger partial charge < -0.3 is 0 Å². The third kappa shape index (κ3) is 2.57. The van der Waals surface area contributed by atoms with Crippen molar-refractivity contribution in [2.45, 2.75) is 12.6 Å². The second-order valence-corrected chi connectivity index (χ2v) is 3.65. The van der Waals surface area contributed by atoms with Gasteiger partial charge in [-0.1, -0.05) is 0 Å². The van der Waals surface area contributed by atoms with Gasteiger partial charge in [-0.05, 0) is 28.7 Å². The van der Waals surface area contributed by atoms with Gasteiger partial charge in [0.05, 0.1) is 23.7 Å². The van der Waals surface area contributed by atoms with Crippen LogP contribution in [0, 0.1) is 14.9 Å². The summed E-state index contributed by atoms with van der Waals surface area (Å²) < 4.78 is 36.8. The Morgan fingerprint density at radius 3 is 2.57 bits per heavy atom. The van der Waals surface area contributed by atoms with Crippen LogP contribution in [0.3, 0.4) is 0 Å². The molecule has 0 aliphatic carbocycles. The van der Waals surface area contributed by atoms with E-state index >= 15 is 0 Å². The minimum absolute atomic E-state index is 0.0220. The molecule has 1 aromatic heterocycles. The molecule has 0 spiro atoms. The lowest BCUT2D eigenvalue weighted by atomic mass is 10.2.